The lowest BCUT2D eigenvalue weighted by molar-refractivity contribution is -0.274. The van der Waals surface area contributed by atoms with E-state index in [0.717, 1.165) is 12.3 Å². The van der Waals surface area contributed by atoms with Gasteiger partial charge < -0.3 is 8.92 Å². The molecule has 0 bridgehead atoms. The summed E-state index contributed by atoms with van der Waals surface area (Å²) in [5, 5.41) is 0. The van der Waals surface area contributed by atoms with Crippen LogP contribution in [0.5, 0.6) is 11.6 Å². The van der Waals surface area contributed by atoms with Gasteiger partial charge in [0.1, 0.15) is 5.75 Å². The van der Waals surface area contributed by atoms with E-state index in [2.05, 4.69) is 26.8 Å². The first-order valence-electron chi connectivity index (χ1n) is 3.04. The fourth-order valence-corrected chi connectivity index (χ4v) is 0.723. The Hall–Kier alpha value is -1.11. The van der Waals surface area contributed by atoms with Gasteiger partial charge in [-0.15, -0.1) is 13.2 Å². The number of thiol groups is 1. The van der Waals surface area contributed by atoms with Gasteiger partial charge in [-0.05, 0) is 6.07 Å². The topological polar surface area (TPSA) is 31.4 Å². The van der Waals surface area contributed by atoms with Gasteiger partial charge in [-0.2, -0.15) is 0 Å². The van der Waals surface area contributed by atoms with E-state index in [1.807, 2.05) is 0 Å². The fourth-order valence-electron chi connectivity index (χ4n) is 0.615. The van der Waals surface area contributed by atoms with Crippen LogP contribution in [0, 0.1) is 0 Å². The molecule has 0 aliphatic heterocycles. The number of ether oxygens (including phenoxy) is 1. The third-order valence-corrected chi connectivity index (χ3v) is 1.22. The van der Waals surface area contributed by atoms with Gasteiger partial charge in [-0.25, -0.2) is 4.98 Å². The lowest BCUT2D eigenvalue weighted by Gasteiger charge is -2.07. The molecule has 0 radical (unpaired) electrons. The third kappa shape index (κ3) is 3.41. The molecule has 0 saturated heterocycles. The summed E-state index contributed by atoms with van der Waals surface area (Å²) < 4.78 is 42.8. The Balaban J connectivity index is 2.70. The van der Waals surface area contributed by atoms with Crippen molar-refractivity contribution in [1.29, 1.82) is 0 Å². The number of halogens is 3. The van der Waals surface area contributed by atoms with E-state index >= 15 is 0 Å². The summed E-state index contributed by atoms with van der Waals surface area (Å²) in [4.78, 5) is 3.46. The van der Waals surface area contributed by atoms with E-state index < -0.39 is 12.1 Å². The molecular weight excluding hydrogens is 207 g/mol. The molecule has 13 heavy (non-hydrogen) atoms. The highest BCUT2D eigenvalue weighted by Gasteiger charge is 2.31. The van der Waals surface area contributed by atoms with Gasteiger partial charge >= 0.3 is 6.36 Å². The molecule has 1 aromatic heterocycles. The molecular formula is C6H4F3NO2S. The summed E-state index contributed by atoms with van der Waals surface area (Å²) >= 11 is 3.41. The van der Waals surface area contributed by atoms with Crippen molar-refractivity contribution in [2.24, 2.45) is 0 Å². The third-order valence-electron chi connectivity index (χ3n) is 1.04. The Bertz CT molecular complexity index is 274. The zero-order valence-corrected chi connectivity index (χ0v) is 6.97. The first kappa shape index (κ1) is 9.97. The minimum Gasteiger partial charge on any atom is -0.409 e. The van der Waals surface area contributed by atoms with Crippen LogP contribution in [0.25, 0.3) is 0 Å². The Morgan fingerprint density at radius 1 is 1.31 bits per heavy atom. The van der Waals surface area contributed by atoms with Crippen molar-refractivity contribution in [2.75, 3.05) is 0 Å². The molecule has 3 nitrogen and oxygen atoms in total. The first-order valence-corrected chi connectivity index (χ1v) is 3.41. The SMILES string of the molecule is FC(F)(F)Oc1ccc(OS)nc1. The zero-order valence-electron chi connectivity index (χ0n) is 6.08. The molecule has 0 aliphatic rings. The minimum absolute atomic E-state index is 0.0952. The van der Waals surface area contributed by atoms with Gasteiger partial charge in [0.05, 0.1) is 6.20 Å². The zero-order chi connectivity index (χ0) is 9.90. The molecule has 0 fully saturated rings. The maximum atomic E-state index is 11.6. The van der Waals surface area contributed by atoms with Gasteiger partial charge in [-0.3, -0.25) is 0 Å². The molecule has 0 spiro atoms. The number of pyridine rings is 1. The number of aromatic nitrogens is 1. The molecule has 0 atom stereocenters. The smallest absolute Gasteiger partial charge is 0.409 e. The normalized spacial score (nSPS) is 11.1. The van der Waals surface area contributed by atoms with E-state index in [0.29, 0.717) is 0 Å². The van der Waals surface area contributed by atoms with E-state index in [1.54, 1.807) is 0 Å². The highest BCUT2D eigenvalue weighted by Crippen LogP contribution is 2.22. The summed E-state index contributed by atoms with van der Waals surface area (Å²) in [5.41, 5.74) is 0. The van der Waals surface area contributed by atoms with Crippen molar-refractivity contribution in [1.82, 2.24) is 4.98 Å². The monoisotopic (exact) mass is 211 g/mol. The molecule has 7 heteroatoms. The van der Waals surface area contributed by atoms with Gasteiger partial charge in [-0.1, -0.05) is 0 Å². The van der Waals surface area contributed by atoms with Crippen LogP contribution in [0.3, 0.4) is 0 Å². The predicted molar refractivity (Wildman–Crippen MR) is 40.5 cm³/mol. The Morgan fingerprint density at radius 2 is 2.00 bits per heavy atom. The van der Waals surface area contributed by atoms with Gasteiger partial charge in [0.25, 0.3) is 0 Å². The molecule has 1 rings (SSSR count). The first-order chi connectivity index (χ1) is 6.01. The largest absolute Gasteiger partial charge is 0.573 e. The molecule has 0 N–H and O–H groups in total. The van der Waals surface area contributed by atoms with Crippen LogP contribution in [-0.4, -0.2) is 11.3 Å². The van der Waals surface area contributed by atoms with Crippen molar-refractivity contribution in [3.05, 3.63) is 18.3 Å². The molecule has 0 aliphatic carbocycles. The average Bonchev–Trinajstić information content (AvgIpc) is 2.03. The Labute approximate surface area is 77.1 Å². The maximum Gasteiger partial charge on any atom is 0.573 e. The van der Waals surface area contributed by atoms with Crippen LogP contribution in [0.4, 0.5) is 13.2 Å². The standard InChI is InChI=1S/C6H4F3NO2S/c7-6(8,9)11-4-1-2-5(12-13)10-3-4/h1-3,13H. The summed E-state index contributed by atoms with van der Waals surface area (Å²) in [6.07, 6.45) is -3.82. The molecule has 0 amide bonds. The number of hydrogen-bond donors (Lipinski definition) is 1. The Morgan fingerprint density at radius 3 is 2.38 bits per heavy atom. The van der Waals surface area contributed by atoms with E-state index in [-0.39, 0.29) is 5.88 Å². The quantitative estimate of drug-likeness (QED) is 0.601. The van der Waals surface area contributed by atoms with E-state index in [9.17, 15) is 13.2 Å². The summed E-state index contributed by atoms with van der Waals surface area (Å²) in [7, 11) is 0. The Kier molecular flexibility index (Phi) is 2.86. The van der Waals surface area contributed by atoms with E-state index in [4.69, 9.17) is 0 Å². The van der Waals surface area contributed by atoms with Gasteiger partial charge in [0.2, 0.25) is 5.88 Å². The van der Waals surface area contributed by atoms with Gasteiger partial charge in [0.15, 0.2) is 0 Å². The fraction of sp³-hybridized carbons (Fsp3) is 0.167. The molecule has 1 aromatic rings. The van der Waals surface area contributed by atoms with Gasteiger partial charge in [0, 0.05) is 19.0 Å². The molecule has 72 valence electrons. The summed E-state index contributed by atoms with van der Waals surface area (Å²) in [6, 6.07) is 2.28. The van der Waals surface area contributed by atoms with Crippen molar-refractivity contribution in [3.63, 3.8) is 0 Å². The van der Waals surface area contributed by atoms with Crippen molar-refractivity contribution in [3.8, 4) is 11.6 Å². The predicted octanol–water partition coefficient (Wildman–Crippen LogP) is 2.20. The number of rotatable bonds is 2. The maximum absolute atomic E-state index is 11.6. The van der Waals surface area contributed by atoms with Crippen molar-refractivity contribution in [2.45, 2.75) is 6.36 Å². The number of alkyl halides is 3. The molecule has 1 heterocycles. The van der Waals surface area contributed by atoms with Crippen molar-refractivity contribution < 1.29 is 22.1 Å². The number of nitrogens with zero attached hydrogens (tertiary/aromatic N) is 1. The highest BCUT2D eigenvalue weighted by molar-refractivity contribution is 7.75. The molecule has 0 aromatic carbocycles. The minimum atomic E-state index is -4.70. The highest BCUT2D eigenvalue weighted by atomic mass is 32.1. The molecule has 0 saturated carbocycles. The number of hydrogen-bond acceptors (Lipinski definition) is 4. The summed E-state index contributed by atoms with van der Waals surface area (Å²) in [6.45, 7) is 0. The van der Waals surface area contributed by atoms with Crippen LogP contribution in [0.15, 0.2) is 18.3 Å². The average molecular weight is 211 g/mol. The van der Waals surface area contributed by atoms with Crippen LogP contribution < -0.4 is 8.92 Å². The van der Waals surface area contributed by atoms with Crippen LogP contribution in [0.1, 0.15) is 0 Å². The second-order valence-corrected chi connectivity index (χ2v) is 2.15. The lowest BCUT2D eigenvalue weighted by Crippen LogP contribution is -2.17. The van der Waals surface area contributed by atoms with Crippen molar-refractivity contribution >= 4 is 12.9 Å². The second-order valence-electron chi connectivity index (χ2n) is 1.97. The lowest BCUT2D eigenvalue weighted by atomic mass is 10.4. The van der Waals surface area contributed by atoms with Crippen LogP contribution >= 0.6 is 12.9 Å². The second kappa shape index (κ2) is 3.73. The molecule has 0 unspecified atom stereocenters. The van der Waals surface area contributed by atoms with Crippen LogP contribution in [-0.2, 0) is 0 Å². The van der Waals surface area contributed by atoms with Crippen LogP contribution in [0.2, 0.25) is 0 Å². The summed E-state index contributed by atoms with van der Waals surface area (Å²) in [5.74, 6) is -0.306. The van der Waals surface area contributed by atoms with E-state index in [1.165, 1.54) is 6.07 Å².